The normalized spacial score (nSPS) is 24.2. The van der Waals surface area contributed by atoms with E-state index in [-0.39, 0.29) is 11.8 Å². The molecule has 130 valence electrons. The molecule has 2 aromatic rings. The van der Waals surface area contributed by atoms with Crippen molar-refractivity contribution in [2.24, 2.45) is 0 Å². The highest BCUT2D eigenvalue weighted by Crippen LogP contribution is 2.54. The van der Waals surface area contributed by atoms with Crippen LogP contribution in [0.5, 0.6) is 0 Å². The van der Waals surface area contributed by atoms with Gasteiger partial charge in [0.15, 0.2) is 0 Å². The highest BCUT2D eigenvalue weighted by molar-refractivity contribution is 8.00. The van der Waals surface area contributed by atoms with E-state index >= 15 is 0 Å². The number of nitriles is 1. The van der Waals surface area contributed by atoms with Gasteiger partial charge >= 0.3 is 0 Å². The van der Waals surface area contributed by atoms with Gasteiger partial charge in [-0.15, -0.1) is 11.8 Å². The molecule has 0 aromatic heterocycles. The van der Waals surface area contributed by atoms with Crippen LogP contribution in [0.15, 0.2) is 54.6 Å². The molecule has 2 aromatic carbocycles. The minimum Gasteiger partial charge on any atom is -0.324 e. The Hall–Kier alpha value is -2.78. The Morgan fingerprint density at radius 1 is 1.23 bits per heavy atom. The zero-order valence-electron chi connectivity index (χ0n) is 14.0. The maximum Gasteiger partial charge on any atom is 0.248 e. The fraction of sp³-hybridized carbons (Fsp3) is 0.250. The number of hydrogen-bond acceptors (Lipinski definition) is 4. The van der Waals surface area contributed by atoms with Crippen LogP contribution in [0.1, 0.15) is 24.0 Å². The summed E-state index contributed by atoms with van der Waals surface area (Å²) in [6.45, 7) is 0. The number of fused-ring (bicyclic) bond motifs is 1. The van der Waals surface area contributed by atoms with Crippen LogP contribution in [0.25, 0.3) is 0 Å². The van der Waals surface area contributed by atoms with Gasteiger partial charge < -0.3 is 10.2 Å². The molecule has 4 rings (SSSR count). The molecular weight excluding hydrogens is 346 g/mol. The summed E-state index contributed by atoms with van der Waals surface area (Å²) in [6, 6.07) is 18.3. The van der Waals surface area contributed by atoms with Gasteiger partial charge in [-0.1, -0.05) is 36.4 Å². The van der Waals surface area contributed by atoms with Crippen molar-refractivity contribution < 1.29 is 9.59 Å². The first-order valence-electron chi connectivity index (χ1n) is 8.47. The van der Waals surface area contributed by atoms with Crippen LogP contribution in [0.2, 0.25) is 0 Å². The number of amides is 2. The zero-order chi connectivity index (χ0) is 18.1. The Morgan fingerprint density at radius 3 is 2.81 bits per heavy atom. The molecular formula is C20H17N3O2S. The predicted molar refractivity (Wildman–Crippen MR) is 100 cm³/mol. The molecule has 2 heterocycles. The maximum atomic E-state index is 12.9. The molecule has 0 saturated carbocycles. The van der Waals surface area contributed by atoms with Crippen molar-refractivity contribution >= 4 is 29.3 Å². The van der Waals surface area contributed by atoms with Gasteiger partial charge in [-0.25, -0.2) is 0 Å². The van der Waals surface area contributed by atoms with Gasteiger partial charge in [-0.05, 0) is 30.2 Å². The topological polar surface area (TPSA) is 73.2 Å². The summed E-state index contributed by atoms with van der Waals surface area (Å²) in [7, 11) is 0. The fourth-order valence-electron chi connectivity index (χ4n) is 3.73. The van der Waals surface area contributed by atoms with Crippen LogP contribution >= 0.6 is 11.8 Å². The number of nitrogens with zero attached hydrogens (tertiary/aromatic N) is 2. The van der Waals surface area contributed by atoms with Gasteiger partial charge in [0, 0.05) is 17.9 Å². The van der Waals surface area contributed by atoms with Crippen molar-refractivity contribution in [3.05, 3.63) is 65.7 Å². The second kappa shape index (κ2) is 6.50. The highest BCUT2D eigenvalue weighted by atomic mass is 32.2. The second-order valence-corrected chi connectivity index (χ2v) is 7.72. The predicted octanol–water partition coefficient (Wildman–Crippen LogP) is 3.09. The lowest BCUT2D eigenvalue weighted by atomic mass is 10.0. The summed E-state index contributed by atoms with van der Waals surface area (Å²) < 4.78 is 0. The van der Waals surface area contributed by atoms with E-state index in [0.717, 1.165) is 5.56 Å². The van der Waals surface area contributed by atoms with Crippen molar-refractivity contribution in [3.8, 4) is 6.07 Å². The quantitative estimate of drug-likeness (QED) is 0.909. The second-order valence-electron chi connectivity index (χ2n) is 6.42. The van der Waals surface area contributed by atoms with Crippen molar-refractivity contribution in [1.82, 2.24) is 4.90 Å². The largest absolute Gasteiger partial charge is 0.324 e. The third kappa shape index (κ3) is 2.65. The van der Waals surface area contributed by atoms with Gasteiger partial charge in [0.1, 0.15) is 10.9 Å². The molecule has 0 bridgehead atoms. The summed E-state index contributed by atoms with van der Waals surface area (Å²) in [5.74, 6) is 0.371. The average Bonchev–Trinajstić information content (AvgIpc) is 3.22. The monoisotopic (exact) mass is 363 g/mol. The minimum absolute atomic E-state index is 0.0183. The zero-order valence-corrected chi connectivity index (χ0v) is 14.8. The number of carbonyl (C=O) groups is 2. The van der Waals surface area contributed by atoms with Crippen LogP contribution in [0.3, 0.4) is 0 Å². The van der Waals surface area contributed by atoms with E-state index in [2.05, 4.69) is 11.4 Å². The maximum absolute atomic E-state index is 12.9. The number of benzene rings is 2. The summed E-state index contributed by atoms with van der Waals surface area (Å²) in [5.41, 5.74) is 2.13. The van der Waals surface area contributed by atoms with Crippen molar-refractivity contribution in [2.75, 3.05) is 11.1 Å². The summed E-state index contributed by atoms with van der Waals surface area (Å²) >= 11 is 1.66. The molecule has 2 amide bonds. The molecule has 0 spiro atoms. The molecule has 2 fully saturated rings. The molecule has 26 heavy (non-hydrogen) atoms. The highest BCUT2D eigenvalue weighted by Gasteiger charge is 2.56. The molecule has 0 unspecified atom stereocenters. The Balaban J connectivity index is 1.61. The van der Waals surface area contributed by atoms with Crippen LogP contribution in [-0.4, -0.2) is 28.5 Å². The third-order valence-electron chi connectivity index (χ3n) is 4.91. The van der Waals surface area contributed by atoms with Crippen molar-refractivity contribution in [1.29, 1.82) is 5.26 Å². The van der Waals surface area contributed by atoms with Crippen LogP contribution in [0, 0.1) is 11.3 Å². The van der Waals surface area contributed by atoms with Gasteiger partial charge in [-0.2, -0.15) is 5.26 Å². The smallest absolute Gasteiger partial charge is 0.248 e. The van der Waals surface area contributed by atoms with E-state index in [4.69, 9.17) is 5.26 Å². The van der Waals surface area contributed by atoms with Crippen molar-refractivity contribution in [3.63, 3.8) is 0 Å². The van der Waals surface area contributed by atoms with E-state index in [1.807, 2.05) is 30.3 Å². The van der Waals surface area contributed by atoms with Crippen molar-refractivity contribution in [2.45, 2.75) is 23.8 Å². The molecule has 1 N–H and O–H groups in total. The van der Waals surface area contributed by atoms with E-state index in [9.17, 15) is 9.59 Å². The lowest BCUT2D eigenvalue weighted by Gasteiger charge is -2.34. The number of thioether (sulfide) groups is 1. The number of nitrogens with one attached hydrogen (secondary N) is 1. The van der Waals surface area contributed by atoms with Crippen LogP contribution in [0.4, 0.5) is 5.69 Å². The van der Waals surface area contributed by atoms with Crippen LogP contribution in [-0.2, 0) is 14.5 Å². The van der Waals surface area contributed by atoms with E-state index in [1.54, 1.807) is 40.9 Å². The summed E-state index contributed by atoms with van der Waals surface area (Å²) in [6.07, 6.45) is 1.17. The number of carbonyl (C=O) groups excluding carboxylic acids is 2. The summed E-state index contributed by atoms with van der Waals surface area (Å²) in [5, 5.41) is 11.9. The molecule has 6 heteroatoms. The van der Waals surface area contributed by atoms with Gasteiger partial charge in [0.25, 0.3) is 0 Å². The minimum atomic E-state index is -0.513. The fourth-order valence-corrected chi connectivity index (χ4v) is 5.38. The van der Waals surface area contributed by atoms with Crippen LogP contribution < -0.4 is 5.32 Å². The molecule has 2 atom stereocenters. The molecule has 2 aliphatic rings. The standard InChI is InChI=1S/C20H17N3O2S/c21-12-14-5-4-8-16(11-14)22-19(25)17-13-26-20(10-9-18(24)23(17)20)15-6-2-1-3-7-15/h1-8,11,17H,9-10,13H2,(H,22,25)/t17-,20+/m1/s1. The number of hydrogen-bond donors (Lipinski definition) is 1. The van der Waals surface area contributed by atoms with Gasteiger partial charge in [-0.3, -0.25) is 9.59 Å². The molecule has 5 nitrogen and oxygen atoms in total. The molecule has 2 aliphatic heterocycles. The average molecular weight is 363 g/mol. The first kappa shape index (κ1) is 16.7. The lowest BCUT2D eigenvalue weighted by Crippen LogP contribution is -2.48. The van der Waals surface area contributed by atoms with E-state index in [0.29, 0.717) is 29.8 Å². The lowest BCUT2D eigenvalue weighted by molar-refractivity contribution is -0.136. The molecule has 0 radical (unpaired) electrons. The molecule has 2 saturated heterocycles. The first-order valence-corrected chi connectivity index (χ1v) is 9.45. The van der Waals surface area contributed by atoms with E-state index < -0.39 is 10.9 Å². The van der Waals surface area contributed by atoms with E-state index in [1.165, 1.54) is 0 Å². The Bertz CT molecular complexity index is 909. The SMILES string of the molecule is N#Cc1cccc(NC(=O)[C@H]2CS[C@]3(c4ccccc4)CCC(=O)N23)c1. The van der Waals surface area contributed by atoms with Gasteiger partial charge in [0.2, 0.25) is 11.8 Å². The number of rotatable bonds is 3. The summed E-state index contributed by atoms with van der Waals surface area (Å²) in [4.78, 5) is 26.8. The molecule has 0 aliphatic carbocycles. The number of anilines is 1. The Labute approximate surface area is 156 Å². The van der Waals surface area contributed by atoms with Gasteiger partial charge in [0.05, 0.1) is 11.6 Å². The first-order chi connectivity index (χ1) is 12.6. The Morgan fingerprint density at radius 2 is 2.04 bits per heavy atom. The third-order valence-corrected chi connectivity index (χ3v) is 6.51. The Kier molecular flexibility index (Phi) is 4.17.